The largest absolute Gasteiger partial charge is 0.373 e. The number of nitrogens with one attached hydrogen (secondary N) is 1. The minimum absolute atomic E-state index is 0.0818. The predicted molar refractivity (Wildman–Crippen MR) is 215 cm³/mol. The van der Waals surface area contributed by atoms with E-state index in [9.17, 15) is 19.2 Å². The molecule has 8 heterocycles. The first kappa shape index (κ1) is 37.3. The van der Waals surface area contributed by atoms with Gasteiger partial charge in [0.05, 0.1) is 54.2 Å². The molecule has 0 saturated carbocycles. The summed E-state index contributed by atoms with van der Waals surface area (Å²) in [5, 5.41) is 15.0. The average molecular weight is 809 g/mol. The van der Waals surface area contributed by atoms with E-state index in [4.69, 9.17) is 14.7 Å². The van der Waals surface area contributed by atoms with Gasteiger partial charge in [-0.3, -0.25) is 39.0 Å². The van der Waals surface area contributed by atoms with Gasteiger partial charge in [-0.2, -0.15) is 5.10 Å². The molecular formula is C41H40N14O5. The van der Waals surface area contributed by atoms with Crippen molar-refractivity contribution in [1.29, 1.82) is 0 Å². The van der Waals surface area contributed by atoms with Crippen LogP contribution in [0.2, 0.25) is 0 Å². The van der Waals surface area contributed by atoms with Crippen LogP contribution in [0.25, 0.3) is 33.7 Å². The van der Waals surface area contributed by atoms with Gasteiger partial charge in [-0.1, -0.05) is 35.5 Å². The fourth-order valence-electron chi connectivity index (χ4n) is 8.38. The number of ether oxygens (including phenoxy) is 1. The Hall–Kier alpha value is -6.99. The highest BCUT2D eigenvalue weighted by atomic mass is 16.5. The molecule has 19 heteroatoms. The van der Waals surface area contributed by atoms with Gasteiger partial charge in [0, 0.05) is 89.0 Å². The highest BCUT2D eigenvalue weighted by Gasteiger charge is 2.46. The molecule has 4 aliphatic heterocycles. The van der Waals surface area contributed by atoms with Gasteiger partial charge in [-0.15, -0.1) is 5.10 Å². The summed E-state index contributed by atoms with van der Waals surface area (Å²) >= 11 is 0. The summed E-state index contributed by atoms with van der Waals surface area (Å²) in [6.45, 7) is 5.86. The molecule has 4 aromatic heterocycles. The molecule has 4 aliphatic rings. The van der Waals surface area contributed by atoms with Crippen LogP contribution in [0.15, 0.2) is 73.4 Å². The van der Waals surface area contributed by atoms with E-state index < -0.39 is 29.7 Å². The summed E-state index contributed by atoms with van der Waals surface area (Å²) in [6, 6.07) is 12.7. The number of nitrogens with zero attached hydrogens (tertiary/aromatic N) is 13. The van der Waals surface area contributed by atoms with E-state index in [-0.39, 0.29) is 18.9 Å². The van der Waals surface area contributed by atoms with Crippen LogP contribution >= 0.6 is 0 Å². The van der Waals surface area contributed by atoms with E-state index in [1.807, 2.05) is 31.7 Å². The highest BCUT2D eigenvalue weighted by Crippen LogP contribution is 2.35. The van der Waals surface area contributed by atoms with E-state index in [1.165, 1.54) is 5.56 Å². The SMILES string of the molecule is Cn1cc(-c2cnc3c(nnn3C[C@@H]3CN(c4ncc(-c5ccc(CN6CCN(c7cccc8c7C(=O)N(C7CCC(=O)NC7=O)C8=O)CC6)cc5)cn4)CCO3)n2)cn1. The zero-order valence-corrected chi connectivity index (χ0v) is 32.7. The minimum Gasteiger partial charge on any atom is -0.373 e. The third kappa shape index (κ3) is 7.00. The lowest BCUT2D eigenvalue weighted by molar-refractivity contribution is -0.136. The molecule has 0 radical (unpaired) electrons. The maximum absolute atomic E-state index is 13.6. The third-order valence-corrected chi connectivity index (χ3v) is 11.5. The summed E-state index contributed by atoms with van der Waals surface area (Å²) in [6.07, 6.45) is 9.05. The Kier molecular flexibility index (Phi) is 9.52. The van der Waals surface area contributed by atoms with Crippen LogP contribution in [-0.4, -0.2) is 136 Å². The molecule has 1 unspecified atom stereocenters. The maximum atomic E-state index is 13.6. The number of aromatic nitrogens is 9. The Bertz CT molecular complexity index is 2640. The van der Waals surface area contributed by atoms with Gasteiger partial charge < -0.3 is 14.5 Å². The first-order valence-electron chi connectivity index (χ1n) is 19.9. The second-order valence-electron chi connectivity index (χ2n) is 15.4. The number of morpholine rings is 1. The fraction of sp³-hybridized carbons (Fsp3) is 0.341. The van der Waals surface area contributed by atoms with E-state index in [0.29, 0.717) is 79.1 Å². The van der Waals surface area contributed by atoms with Crippen molar-refractivity contribution < 1.29 is 23.9 Å². The Morgan fingerprint density at radius 2 is 1.65 bits per heavy atom. The van der Waals surface area contributed by atoms with Crippen molar-refractivity contribution in [2.75, 3.05) is 55.7 Å². The molecule has 3 fully saturated rings. The average Bonchev–Trinajstić information content (AvgIpc) is 3.96. The molecule has 19 nitrogen and oxygen atoms in total. The third-order valence-electron chi connectivity index (χ3n) is 11.5. The van der Waals surface area contributed by atoms with Gasteiger partial charge >= 0.3 is 0 Å². The number of carbonyl (C=O) groups is 4. The smallest absolute Gasteiger partial charge is 0.264 e. The predicted octanol–water partition coefficient (Wildman–Crippen LogP) is 1.71. The summed E-state index contributed by atoms with van der Waals surface area (Å²) in [7, 11) is 1.85. The number of rotatable bonds is 9. The Morgan fingerprint density at radius 3 is 2.42 bits per heavy atom. The van der Waals surface area contributed by atoms with Crippen LogP contribution in [0.5, 0.6) is 0 Å². The standard InChI is InChI=1S/C41H40N14O5/c1-50-22-28(19-45-50)31-20-42-37-36(46-31)48-49-54(37)24-29-23-53(15-16-60-29)41-43-17-27(18-44-41)26-7-5-25(6-8-26)21-51-11-13-52(14-12-51)32-4-2-3-30-35(32)40(59)55(39(30)58)33-9-10-34(56)47-38(33)57/h2-8,17-20,22,29,33H,9-16,21,23-24H2,1H3,(H,47,56,57)/t29-,33?/m0/s1. The number of hydrogen-bond acceptors (Lipinski definition) is 15. The van der Waals surface area contributed by atoms with Crippen molar-refractivity contribution in [3.05, 3.63) is 90.1 Å². The van der Waals surface area contributed by atoms with Crippen molar-refractivity contribution >= 4 is 46.6 Å². The minimum atomic E-state index is -0.994. The Morgan fingerprint density at radius 1 is 0.833 bits per heavy atom. The summed E-state index contributed by atoms with van der Waals surface area (Å²) in [5.74, 6) is -1.36. The lowest BCUT2D eigenvalue weighted by Gasteiger charge is -2.36. The molecule has 0 spiro atoms. The number of aryl methyl sites for hydroxylation is 1. The van der Waals surface area contributed by atoms with Crippen LogP contribution in [0.3, 0.4) is 0 Å². The molecule has 0 aliphatic carbocycles. The lowest BCUT2D eigenvalue weighted by atomic mass is 10.0. The second-order valence-corrected chi connectivity index (χ2v) is 15.4. The molecular weight excluding hydrogens is 769 g/mol. The van der Waals surface area contributed by atoms with Crippen molar-refractivity contribution in [2.24, 2.45) is 7.05 Å². The van der Waals surface area contributed by atoms with Gasteiger partial charge in [-0.25, -0.2) is 24.6 Å². The first-order chi connectivity index (χ1) is 29.3. The normalized spacial score (nSPS) is 20.0. The van der Waals surface area contributed by atoms with E-state index in [2.05, 4.69) is 69.7 Å². The van der Waals surface area contributed by atoms with Gasteiger partial charge in [0.25, 0.3) is 11.8 Å². The molecule has 0 bridgehead atoms. The molecule has 304 valence electrons. The van der Waals surface area contributed by atoms with E-state index in [0.717, 1.165) is 41.2 Å². The molecule has 2 atom stereocenters. The second kappa shape index (κ2) is 15.3. The summed E-state index contributed by atoms with van der Waals surface area (Å²) < 4.78 is 9.53. The van der Waals surface area contributed by atoms with Crippen LogP contribution in [0.1, 0.15) is 39.1 Å². The number of benzene rings is 2. The molecule has 10 rings (SSSR count). The van der Waals surface area contributed by atoms with E-state index in [1.54, 1.807) is 33.9 Å². The van der Waals surface area contributed by atoms with Crippen molar-refractivity contribution in [3.8, 4) is 22.4 Å². The Balaban J connectivity index is 0.731. The topological polar surface area (TPSA) is 203 Å². The molecule has 4 amide bonds. The van der Waals surface area contributed by atoms with Crippen molar-refractivity contribution in [2.45, 2.75) is 38.1 Å². The Labute approximate surface area is 343 Å². The number of anilines is 2. The molecule has 3 saturated heterocycles. The number of piperidine rings is 1. The summed E-state index contributed by atoms with van der Waals surface area (Å²) in [4.78, 5) is 77.5. The van der Waals surface area contributed by atoms with Gasteiger partial charge in [0.15, 0.2) is 5.65 Å². The molecule has 2 aromatic carbocycles. The number of carbonyl (C=O) groups excluding carboxylic acids is 4. The number of amides is 4. The van der Waals surface area contributed by atoms with Crippen LogP contribution in [0.4, 0.5) is 11.6 Å². The maximum Gasteiger partial charge on any atom is 0.264 e. The molecule has 6 aromatic rings. The molecule has 60 heavy (non-hydrogen) atoms. The highest BCUT2D eigenvalue weighted by molar-refractivity contribution is 6.25. The number of hydrogen-bond donors (Lipinski definition) is 1. The van der Waals surface area contributed by atoms with Gasteiger partial charge in [0.2, 0.25) is 23.4 Å². The number of fused-ring (bicyclic) bond motifs is 2. The zero-order chi connectivity index (χ0) is 40.9. The van der Waals surface area contributed by atoms with Gasteiger partial charge in [-0.05, 0) is 29.7 Å². The van der Waals surface area contributed by atoms with E-state index >= 15 is 0 Å². The van der Waals surface area contributed by atoms with Crippen molar-refractivity contribution in [3.63, 3.8) is 0 Å². The van der Waals surface area contributed by atoms with Crippen LogP contribution < -0.4 is 15.1 Å². The zero-order valence-electron chi connectivity index (χ0n) is 32.7. The van der Waals surface area contributed by atoms with Crippen LogP contribution in [0, 0.1) is 0 Å². The molecule has 1 N–H and O–H groups in total. The van der Waals surface area contributed by atoms with Crippen LogP contribution in [-0.2, 0) is 34.5 Å². The fourth-order valence-corrected chi connectivity index (χ4v) is 8.38. The quantitative estimate of drug-likeness (QED) is 0.207. The number of piperazine rings is 1. The van der Waals surface area contributed by atoms with Crippen molar-refractivity contribution in [1.82, 2.24) is 59.8 Å². The number of imide groups is 2. The summed E-state index contributed by atoms with van der Waals surface area (Å²) in [5.41, 5.74) is 7.01. The van der Waals surface area contributed by atoms with Gasteiger partial charge in [0.1, 0.15) is 6.04 Å². The lowest BCUT2D eigenvalue weighted by Crippen LogP contribution is -2.54. The monoisotopic (exact) mass is 808 g/mol. The first-order valence-corrected chi connectivity index (χ1v) is 19.9.